The standard InChI is InChI=1S/C21H24F3N3O3S/c1-31(29)11-7-16(8-12-31)20(28)27-10-9-26(14-17(27)15-5-3-2-4-6-15)19-13-18(30-25-19)21(22,23)24/h2-6,13,16-17H,1,7-12,14H2. The molecule has 2 aliphatic heterocycles. The van der Waals surface area contributed by atoms with Gasteiger partial charge in [0.05, 0.1) is 6.04 Å². The van der Waals surface area contributed by atoms with Gasteiger partial charge in [0, 0.05) is 43.1 Å². The lowest BCUT2D eigenvalue weighted by Crippen LogP contribution is -2.53. The van der Waals surface area contributed by atoms with Crippen LogP contribution in [0.15, 0.2) is 40.9 Å². The van der Waals surface area contributed by atoms with Crippen molar-refractivity contribution < 1.29 is 26.7 Å². The zero-order valence-corrected chi connectivity index (χ0v) is 17.7. The van der Waals surface area contributed by atoms with Crippen LogP contribution in [0.1, 0.15) is 30.2 Å². The topological polar surface area (TPSA) is 66.7 Å². The Balaban J connectivity index is 1.56. The first-order valence-corrected chi connectivity index (χ1v) is 12.2. The van der Waals surface area contributed by atoms with Gasteiger partial charge in [-0.3, -0.25) is 9.00 Å². The van der Waals surface area contributed by atoms with E-state index in [1.54, 1.807) is 9.80 Å². The lowest BCUT2D eigenvalue weighted by Gasteiger charge is -2.43. The summed E-state index contributed by atoms with van der Waals surface area (Å²) < 4.78 is 55.4. The Morgan fingerprint density at radius 3 is 2.45 bits per heavy atom. The largest absolute Gasteiger partial charge is 0.452 e. The van der Waals surface area contributed by atoms with Crippen molar-refractivity contribution in [2.24, 2.45) is 5.92 Å². The van der Waals surface area contributed by atoms with Crippen molar-refractivity contribution in [3.63, 3.8) is 0 Å². The minimum Gasteiger partial charge on any atom is -0.350 e. The van der Waals surface area contributed by atoms with E-state index < -0.39 is 21.5 Å². The van der Waals surface area contributed by atoms with E-state index in [0.717, 1.165) is 11.6 Å². The number of amides is 1. The van der Waals surface area contributed by atoms with Crippen LogP contribution < -0.4 is 4.90 Å². The lowest BCUT2D eigenvalue weighted by atomic mass is 9.96. The van der Waals surface area contributed by atoms with Crippen LogP contribution in [0, 0.1) is 5.92 Å². The molecule has 1 atom stereocenters. The molecule has 1 unspecified atom stereocenters. The Bertz CT molecular complexity index is 1020. The molecule has 0 spiro atoms. The van der Waals surface area contributed by atoms with Crippen LogP contribution in [-0.4, -0.2) is 57.2 Å². The van der Waals surface area contributed by atoms with E-state index in [1.807, 2.05) is 30.3 Å². The fourth-order valence-electron chi connectivity index (χ4n) is 4.21. The van der Waals surface area contributed by atoms with Gasteiger partial charge in [0.25, 0.3) is 0 Å². The molecule has 2 aromatic rings. The second-order valence-corrected chi connectivity index (χ2v) is 10.8. The number of anilines is 1. The molecule has 0 radical (unpaired) electrons. The Morgan fingerprint density at radius 2 is 1.84 bits per heavy atom. The monoisotopic (exact) mass is 455 g/mol. The summed E-state index contributed by atoms with van der Waals surface area (Å²) in [7, 11) is -2.09. The average Bonchev–Trinajstić information content (AvgIpc) is 3.24. The molecule has 0 bridgehead atoms. The maximum Gasteiger partial charge on any atom is 0.452 e. The Hall–Kier alpha value is -2.49. The number of rotatable bonds is 3. The van der Waals surface area contributed by atoms with Crippen LogP contribution in [0.2, 0.25) is 0 Å². The molecule has 10 heteroatoms. The fourth-order valence-corrected chi connectivity index (χ4v) is 5.84. The van der Waals surface area contributed by atoms with Crippen molar-refractivity contribution in [3.05, 3.63) is 47.7 Å². The molecule has 4 rings (SSSR count). The maximum atomic E-state index is 13.3. The minimum atomic E-state index is -4.60. The molecule has 0 aliphatic carbocycles. The van der Waals surface area contributed by atoms with Gasteiger partial charge in [0.2, 0.25) is 11.7 Å². The molecule has 168 valence electrons. The Labute approximate surface area is 179 Å². The van der Waals surface area contributed by atoms with Gasteiger partial charge < -0.3 is 14.3 Å². The maximum absolute atomic E-state index is 13.3. The number of benzene rings is 1. The number of hydrogen-bond donors (Lipinski definition) is 0. The first kappa shape index (κ1) is 21.7. The Kier molecular flexibility index (Phi) is 5.76. The fraction of sp³-hybridized carbons (Fsp3) is 0.476. The van der Waals surface area contributed by atoms with Crippen LogP contribution in [0.5, 0.6) is 0 Å². The second-order valence-electron chi connectivity index (χ2n) is 8.10. The van der Waals surface area contributed by atoms with Crippen LogP contribution in [0.4, 0.5) is 19.0 Å². The molecule has 0 N–H and O–H groups in total. The number of carbonyl (C=O) groups excluding carboxylic acids is 1. The third-order valence-corrected chi connectivity index (χ3v) is 7.93. The molecule has 1 aromatic heterocycles. The first-order chi connectivity index (χ1) is 14.6. The van der Waals surface area contributed by atoms with Crippen molar-refractivity contribution in [2.75, 3.05) is 36.0 Å². The average molecular weight is 456 g/mol. The summed E-state index contributed by atoms with van der Waals surface area (Å²) in [5, 5.41) is 3.60. The number of halogens is 3. The summed E-state index contributed by atoms with van der Waals surface area (Å²) in [5.41, 5.74) is 0.900. The van der Waals surface area contributed by atoms with E-state index >= 15 is 0 Å². The summed E-state index contributed by atoms with van der Waals surface area (Å²) in [4.78, 5) is 16.9. The normalized spacial score (nSPS) is 27.3. The molecule has 1 aromatic carbocycles. The number of hydrogen-bond acceptors (Lipinski definition) is 5. The van der Waals surface area contributed by atoms with E-state index in [4.69, 9.17) is 0 Å². The van der Waals surface area contributed by atoms with Crippen molar-refractivity contribution in [3.8, 4) is 0 Å². The van der Waals surface area contributed by atoms with Crippen molar-refractivity contribution in [2.45, 2.75) is 25.1 Å². The Morgan fingerprint density at radius 1 is 1.16 bits per heavy atom. The van der Waals surface area contributed by atoms with Gasteiger partial charge in [-0.25, -0.2) is 0 Å². The third-order valence-electron chi connectivity index (χ3n) is 5.97. The van der Waals surface area contributed by atoms with Crippen molar-refractivity contribution >= 4 is 27.1 Å². The zero-order chi connectivity index (χ0) is 22.2. The molecular weight excluding hydrogens is 431 g/mol. The highest BCUT2D eigenvalue weighted by molar-refractivity contribution is 8.00. The SMILES string of the molecule is C=S1(=O)CCC(C(=O)N2CCN(c3cc(C(F)(F)F)on3)CC2c2ccccc2)CC1. The summed E-state index contributed by atoms with van der Waals surface area (Å²) in [6.07, 6.45) is -3.52. The molecule has 31 heavy (non-hydrogen) atoms. The number of alkyl halides is 3. The second kappa shape index (κ2) is 8.22. The van der Waals surface area contributed by atoms with E-state index in [1.165, 1.54) is 0 Å². The van der Waals surface area contributed by atoms with E-state index in [9.17, 15) is 22.2 Å². The summed E-state index contributed by atoms with van der Waals surface area (Å²) in [6.45, 7) is 0.999. The van der Waals surface area contributed by atoms with E-state index in [-0.39, 0.29) is 23.7 Å². The number of aromatic nitrogens is 1. The zero-order valence-electron chi connectivity index (χ0n) is 16.9. The predicted molar refractivity (Wildman–Crippen MR) is 112 cm³/mol. The molecule has 1 amide bonds. The molecule has 2 saturated heterocycles. The number of carbonyl (C=O) groups is 1. The van der Waals surface area contributed by atoms with E-state index in [0.29, 0.717) is 44.0 Å². The van der Waals surface area contributed by atoms with Crippen LogP contribution in [0.25, 0.3) is 0 Å². The minimum absolute atomic E-state index is 0.000429. The van der Waals surface area contributed by atoms with Crippen LogP contribution >= 0.6 is 0 Å². The highest BCUT2D eigenvalue weighted by atomic mass is 32.2. The number of nitrogens with zero attached hydrogens (tertiary/aromatic N) is 3. The molecule has 2 aliphatic rings. The molecule has 3 heterocycles. The first-order valence-electron chi connectivity index (χ1n) is 10.1. The molecule has 2 fully saturated rings. The molecule has 0 saturated carbocycles. The van der Waals surface area contributed by atoms with E-state index in [2.05, 4.69) is 15.6 Å². The summed E-state index contributed by atoms with van der Waals surface area (Å²) in [6, 6.07) is 9.98. The van der Waals surface area contributed by atoms with Crippen LogP contribution in [0.3, 0.4) is 0 Å². The predicted octanol–water partition coefficient (Wildman–Crippen LogP) is 3.21. The molecule has 6 nitrogen and oxygen atoms in total. The van der Waals surface area contributed by atoms with Gasteiger partial charge >= 0.3 is 6.18 Å². The van der Waals surface area contributed by atoms with Gasteiger partial charge in [-0.1, -0.05) is 35.5 Å². The van der Waals surface area contributed by atoms with Crippen molar-refractivity contribution in [1.82, 2.24) is 10.1 Å². The smallest absolute Gasteiger partial charge is 0.350 e. The highest BCUT2D eigenvalue weighted by Gasteiger charge is 2.39. The van der Waals surface area contributed by atoms with Gasteiger partial charge in [-0.2, -0.15) is 13.2 Å². The summed E-state index contributed by atoms with van der Waals surface area (Å²) >= 11 is 0. The van der Waals surface area contributed by atoms with Gasteiger partial charge in [0.1, 0.15) is 0 Å². The number of piperazine rings is 1. The van der Waals surface area contributed by atoms with Crippen LogP contribution in [-0.2, 0) is 20.5 Å². The van der Waals surface area contributed by atoms with Crippen molar-refractivity contribution in [1.29, 1.82) is 0 Å². The molecular formula is C21H24F3N3O3S. The van der Waals surface area contributed by atoms with Gasteiger partial charge in [-0.15, -0.1) is 0 Å². The van der Waals surface area contributed by atoms with Gasteiger partial charge in [-0.05, 0) is 33.8 Å². The highest BCUT2D eigenvalue weighted by Crippen LogP contribution is 2.35. The third kappa shape index (κ3) is 4.73. The summed E-state index contributed by atoms with van der Waals surface area (Å²) in [5.74, 6) is 3.40. The quantitative estimate of drug-likeness (QED) is 0.665. The van der Waals surface area contributed by atoms with Gasteiger partial charge in [0.15, 0.2) is 5.82 Å². The lowest BCUT2D eigenvalue weighted by molar-refractivity contribution is -0.155.